The molecule has 0 fully saturated rings. The maximum Gasteiger partial charge on any atom is 0.213 e. The van der Waals surface area contributed by atoms with E-state index in [1.807, 2.05) is 24.4 Å². The van der Waals surface area contributed by atoms with Crippen LogP contribution in [0.2, 0.25) is 0 Å². The Hall–Kier alpha value is -1.90. The van der Waals surface area contributed by atoms with Crippen LogP contribution in [0.4, 0.5) is 0 Å². The lowest BCUT2D eigenvalue weighted by Gasteiger charge is -2.06. The van der Waals surface area contributed by atoms with Gasteiger partial charge in [0, 0.05) is 12.3 Å². The van der Waals surface area contributed by atoms with Crippen LogP contribution in [0.1, 0.15) is 31.2 Å². The summed E-state index contributed by atoms with van der Waals surface area (Å²) in [6, 6.07) is 5.87. The fraction of sp³-hybridized carbons (Fsp3) is 0.375. The van der Waals surface area contributed by atoms with Gasteiger partial charge in [-0.25, -0.2) is 4.98 Å². The number of unbranched alkanes of at least 4 members (excludes halogenated alkanes) is 3. The Morgan fingerprint density at radius 1 is 1.21 bits per heavy atom. The van der Waals surface area contributed by atoms with Gasteiger partial charge in [0.05, 0.1) is 18.1 Å². The number of aromatic nitrogens is 2. The molecule has 100 valence electrons. The maximum absolute atomic E-state index is 5.18. The van der Waals surface area contributed by atoms with Gasteiger partial charge in [0.15, 0.2) is 0 Å². The van der Waals surface area contributed by atoms with Gasteiger partial charge < -0.3 is 4.74 Å². The highest BCUT2D eigenvalue weighted by atomic mass is 16.5. The van der Waals surface area contributed by atoms with Crippen LogP contribution in [-0.2, 0) is 6.42 Å². The molecular formula is C16H20N2O. The molecule has 0 bridgehead atoms. The lowest BCUT2D eigenvalue weighted by Crippen LogP contribution is -1.94. The third kappa shape index (κ3) is 3.53. The SMILES string of the molecule is C=CCCCCCc1ccnc2ccc(OC)nc12. The zero-order valence-electron chi connectivity index (χ0n) is 11.4. The highest BCUT2D eigenvalue weighted by molar-refractivity contribution is 5.78. The number of aryl methyl sites for hydroxylation is 1. The van der Waals surface area contributed by atoms with Crippen molar-refractivity contribution in [1.29, 1.82) is 0 Å². The summed E-state index contributed by atoms with van der Waals surface area (Å²) in [7, 11) is 1.64. The second kappa shape index (κ2) is 6.88. The molecule has 0 aliphatic carbocycles. The van der Waals surface area contributed by atoms with Gasteiger partial charge in [-0.1, -0.05) is 12.5 Å². The first-order valence-electron chi connectivity index (χ1n) is 6.74. The van der Waals surface area contributed by atoms with Crippen molar-refractivity contribution in [1.82, 2.24) is 9.97 Å². The molecular weight excluding hydrogens is 236 g/mol. The number of nitrogens with zero attached hydrogens (tertiary/aromatic N) is 2. The zero-order chi connectivity index (χ0) is 13.5. The van der Waals surface area contributed by atoms with Crippen molar-refractivity contribution in [2.45, 2.75) is 32.1 Å². The number of hydrogen-bond acceptors (Lipinski definition) is 3. The highest BCUT2D eigenvalue weighted by Gasteiger charge is 2.05. The number of rotatable bonds is 7. The maximum atomic E-state index is 5.18. The van der Waals surface area contributed by atoms with Gasteiger partial charge in [0.1, 0.15) is 0 Å². The summed E-state index contributed by atoms with van der Waals surface area (Å²) in [5.41, 5.74) is 3.15. The van der Waals surface area contributed by atoms with Crippen molar-refractivity contribution in [3.05, 3.63) is 42.6 Å². The predicted molar refractivity (Wildman–Crippen MR) is 78.5 cm³/mol. The van der Waals surface area contributed by atoms with E-state index in [0.29, 0.717) is 5.88 Å². The predicted octanol–water partition coefficient (Wildman–Crippen LogP) is 3.93. The van der Waals surface area contributed by atoms with E-state index in [2.05, 4.69) is 22.6 Å². The van der Waals surface area contributed by atoms with Gasteiger partial charge in [-0.15, -0.1) is 6.58 Å². The topological polar surface area (TPSA) is 35.0 Å². The molecule has 2 heterocycles. The Balaban J connectivity index is 2.10. The van der Waals surface area contributed by atoms with Crippen molar-refractivity contribution in [3.63, 3.8) is 0 Å². The van der Waals surface area contributed by atoms with Crippen molar-refractivity contribution in [2.75, 3.05) is 7.11 Å². The Labute approximate surface area is 114 Å². The van der Waals surface area contributed by atoms with Crippen molar-refractivity contribution >= 4 is 11.0 Å². The number of ether oxygens (including phenoxy) is 1. The zero-order valence-corrected chi connectivity index (χ0v) is 11.4. The second-order valence-corrected chi connectivity index (χ2v) is 4.58. The van der Waals surface area contributed by atoms with Crippen molar-refractivity contribution in [2.24, 2.45) is 0 Å². The summed E-state index contributed by atoms with van der Waals surface area (Å²) < 4.78 is 5.18. The van der Waals surface area contributed by atoms with E-state index in [-0.39, 0.29) is 0 Å². The average molecular weight is 256 g/mol. The molecule has 3 heteroatoms. The summed E-state index contributed by atoms with van der Waals surface area (Å²) >= 11 is 0. The summed E-state index contributed by atoms with van der Waals surface area (Å²) in [4.78, 5) is 8.85. The first-order chi connectivity index (χ1) is 9.35. The minimum atomic E-state index is 0.647. The Morgan fingerprint density at radius 2 is 2.11 bits per heavy atom. The number of methoxy groups -OCH3 is 1. The molecule has 0 spiro atoms. The first-order valence-corrected chi connectivity index (χ1v) is 6.74. The lowest BCUT2D eigenvalue weighted by molar-refractivity contribution is 0.399. The average Bonchev–Trinajstić information content (AvgIpc) is 2.46. The quantitative estimate of drug-likeness (QED) is 0.556. The molecule has 0 saturated heterocycles. The normalized spacial score (nSPS) is 10.6. The molecule has 2 rings (SSSR count). The molecule has 0 radical (unpaired) electrons. The van der Waals surface area contributed by atoms with E-state index in [9.17, 15) is 0 Å². The van der Waals surface area contributed by atoms with Gasteiger partial charge in [-0.05, 0) is 43.4 Å². The lowest BCUT2D eigenvalue weighted by atomic mass is 10.1. The van der Waals surface area contributed by atoms with E-state index in [0.717, 1.165) is 23.9 Å². The first kappa shape index (κ1) is 13.5. The molecule has 0 aliphatic heterocycles. The summed E-state index contributed by atoms with van der Waals surface area (Å²) in [5, 5.41) is 0. The molecule has 0 N–H and O–H groups in total. The molecule has 2 aromatic heterocycles. The largest absolute Gasteiger partial charge is 0.481 e. The summed E-state index contributed by atoms with van der Waals surface area (Å²) in [6.07, 6.45) is 9.58. The molecule has 19 heavy (non-hydrogen) atoms. The number of allylic oxidation sites excluding steroid dienone is 1. The van der Waals surface area contributed by atoms with Gasteiger partial charge >= 0.3 is 0 Å². The van der Waals surface area contributed by atoms with E-state index in [1.165, 1.54) is 24.8 Å². The third-order valence-electron chi connectivity index (χ3n) is 3.21. The number of hydrogen-bond donors (Lipinski definition) is 0. The minimum Gasteiger partial charge on any atom is -0.481 e. The molecule has 3 nitrogen and oxygen atoms in total. The second-order valence-electron chi connectivity index (χ2n) is 4.58. The highest BCUT2D eigenvalue weighted by Crippen LogP contribution is 2.20. The van der Waals surface area contributed by atoms with Crippen LogP contribution in [0, 0.1) is 0 Å². The van der Waals surface area contributed by atoms with Gasteiger partial charge in [0.25, 0.3) is 0 Å². The van der Waals surface area contributed by atoms with Crippen LogP contribution in [0.15, 0.2) is 37.1 Å². The van der Waals surface area contributed by atoms with Crippen molar-refractivity contribution < 1.29 is 4.74 Å². The molecule has 0 aromatic carbocycles. The number of fused-ring (bicyclic) bond motifs is 1. The van der Waals surface area contributed by atoms with Gasteiger partial charge in [-0.2, -0.15) is 0 Å². The van der Waals surface area contributed by atoms with Gasteiger partial charge in [-0.3, -0.25) is 4.98 Å². The molecule has 0 amide bonds. The standard InChI is InChI=1S/C16H20N2O/c1-3-4-5-6-7-8-13-11-12-17-14-9-10-15(19-2)18-16(13)14/h3,9-12H,1,4-8H2,2H3. The minimum absolute atomic E-state index is 0.647. The Bertz CT molecular complexity index is 551. The van der Waals surface area contributed by atoms with Crippen LogP contribution in [-0.4, -0.2) is 17.1 Å². The number of pyridine rings is 2. The van der Waals surface area contributed by atoms with E-state index in [4.69, 9.17) is 4.74 Å². The van der Waals surface area contributed by atoms with Crippen LogP contribution in [0.5, 0.6) is 5.88 Å². The third-order valence-corrected chi connectivity index (χ3v) is 3.21. The van der Waals surface area contributed by atoms with Crippen LogP contribution < -0.4 is 4.74 Å². The molecule has 0 atom stereocenters. The van der Waals surface area contributed by atoms with E-state index in [1.54, 1.807) is 7.11 Å². The fourth-order valence-electron chi connectivity index (χ4n) is 2.16. The summed E-state index contributed by atoms with van der Waals surface area (Å²) in [6.45, 7) is 3.74. The monoisotopic (exact) mass is 256 g/mol. The van der Waals surface area contributed by atoms with Crippen molar-refractivity contribution in [3.8, 4) is 5.88 Å². The molecule has 2 aromatic rings. The summed E-state index contributed by atoms with van der Waals surface area (Å²) in [5.74, 6) is 0.647. The molecule has 0 aliphatic rings. The molecule has 0 saturated carbocycles. The smallest absolute Gasteiger partial charge is 0.213 e. The van der Waals surface area contributed by atoms with E-state index >= 15 is 0 Å². The Morgan fingerprint density at radius 3 is 2.89 bits per heavy atom. The fourth-order valence-corrected chi connectivity index (χ4v) is 2.16. The molecule has 0 unspecified atom stereocenters. The van der Waals surface area contributed by atoms with Gasteiger partial charge in [0.2, 0.25) is 5.88 Å². The van der Waals surface area contributed by atoms with Crippen LogP contribution >= 0.6 is 0 Å². The van der Waals surface area contributed by atoms with Crippen LogP contribution in [0.25, 0.3) is 11.0 Å². The Kier molecular flexibility index (Phi) is 4.90. The van der Waals surface area contributed by atoms with E-state index < -0.39 is 0 Å². The van der Waals surface area contributed by atoms with Crippen LogP contribution in [0.3, 0.4) is 0 Å².